The van der Waals surface area contributed by atoms with Gasteiger partial charge in [-0.3, -0.25) is 4.57 Å². The highest BCUT2D eigenvalue weighted by molar-refractivity contribution is 7.26. The maximum atomic E-state index is 5.12. The number of fused-ring (bicyclic) bond motifs is 6. The zero-order valence-corrected chi connectivity index (χ0v) is 34.7. The maximum absolute atomic E-state index is 5.12. The molecule has 0 fully saturated rings. The highest BCUT2D eigenvalue weighted by Gasteiger charge is 2.22. The van der Waals surface area contributed by atoms with E-state index in [-0.39, 0.29) is 0 Å². The maximum Gasteiger partial charge on any atom is 0.145 e. The van der Waals surface area contributed by atoms with Crippen LogP contribution in [0.2, 0.25) is 0 Å². The molecule has 0 saturated carbocycles. The average molecular weight is 764 g/mol. The van der Waals surface area contributed by atoms with Crippen LogP contribution in [0, 0.1) is 0 Å². The van der Waals surface area contributed by atoms with Crippen LogP contribution in [0.5, 0.6) is 0 Å². The van der Waals surface area contributed by atoms with Crippen LogP contribution in [0.4, 0.5) is 0 Å². The van der Waals surface area contributed by atoms with Gasteiger partial charge in [0.05, 0.1) is 11.0 Å². The summed E-state index contributed by atoms with van der Waals surface area (Å²) in [5, 5.41) is 7.67. The molecule has 0 aliphatic heterocycles. The minimum absolute atomic E-state index is 0.939. The Balaban J connectivity index is 1.21. The lowest BCUT2D eigenvalue weighted by Gasteiger charge is -2.23. The van der Waals surface area contributed by atoms with Gasteiger partial charge in [-0.2, -0.15) is 0 Å². The van der Waals surface area contributed by atoms with Crippen LogP contribution < -0.4 is 27.3 Å². The van der Waals surface area contributed by atoms with Gasteiger partial charge in [-0.15, -0.1) is 27.7 Å². The highest BCUT2D eigenvalue weighted by Crippen LogP contribution is 2.48. The quantitative estimate of drug-likeness (QED) is 0.164. The molecule has 0 amide bonds. The van der Waals surface area contributed by atoms with Gasteiger partial charge in [0.25, 0.3) is 0 Å². The molecule has 2 nitrogen and oxygen atoms in total. The summed E-state index contributed by atoms with van der Waals surface area (Å²) in [4.78, 5) is 5.12. The molecule has 0 spiro atoms. The summed E-state index contributed by atoms with van der Waals surface area (Å²) in [7, 11) is 11.4. The number of benzene rings is 9. The second kappa shape index (κ2) is 13.8. The van der Waals surface area contributed by atoms with Crippen LogP contribution in [-0.4, -0.2) is 48.8 Å². The Morgan fingerprint density at radius 1 is 0.407 bits per heavy atom. The van der Waals surface area contributed by atoms with E-state index in [2.05, 4.69) is 208 Å². The molecule has 0 aliphatic carbocycles. The standard InChI is InChI=1S/C51H37B5N2S/c52-46-43(47(53)49(55)50(56)48(46)54)30-23-26-34-37(27-30)44(36-16-10-20-41-45(36)35-15-6-9-19-40(35)59-41)33-14-5-4-13-32(33)42(34)28-21-24-31(25-22-28)58-39-18-8-7-17-38(39)57-51(58)29-11-2-1-3-12-29/h1-27H,52-56H2. The Labute approximate surface area is 352 Å². The number of nitrogens with zero attached hydrogens (tertiary/aromatic N) is 2. The van der Waals surface area contributed by atoms with Gasteiger partial charge in [-0.25, -0.2) is 4.98 Å². The van der Waals surface area contributed by atoms with Gasteiger partial charge < -0.3 is 0 Å². The van der Waals surface area contributed by atoms with Crippen molar-refractivity contribution in [1.82, 2.24) is 9.55 Å². The summed E-state index contributed by atoms with van der Waals surface area (Å²) in [6.45, 7) is 0. The fourth-order valence-electron chi connectivity index (χ4n) is 9.70. The molecule has 9 aromatic carbocycles. The fraction of sp³-hybridized carbons (Fsp3) is 0. The van der Waals surface area contributed by atoms with Crippen molar-refractivity contribution in [2.24, 2.45) is 0 Å². The van der Waals surface area contributed by atoms with E-state index in [1.54, 1.807) is 0 Å². The molecule has 0 N–H and O–H groups in total. The van der Waals surface area contributed by atoms with Gasteiger partial charge >= 0.3 is 0 Å². The summed E-state index contributed by atoms with van der Waals surface area (Å²) >= 11 is 1.88. The molecule has 11 aromatic rings. The smallest absolute Gasteiger partial charge is 0.145 e. The SMILES string of the molecule is Bc1c(B)c(B)c(-c2ccc3c(-c4ccc(-n5c(-c6ccccc6)nc6ccccc65)cc4)c4ccccc4c(-c4cccc5sc6ccccc6c45)c3c2)c(B)c1B. The number of rotatable bonds is 5. The monoisotopic (exact) mass is 764 g/mol. The van der Waals surface area contributed by atoms with Crippen LogP contribution in [0.25, 0.3) is 103 Å². The molecule has 11 rings (SSSR count). The van der Waals surface area contributed by atoms with Crippen LogP contribution in [-0.2, 0) is 0 Å². The minimum Gasteiger partial charge on any atom is -0.292 e. The van der Waals surface area contributed by atoms with E-state index in [0.717, 1.165) is 28.1 Å². The second-order valence-corrected chi connectivity index (χ2v) is 17.1. The van der Waals surface area contributed by atoms with E-state index in [1.807, 2.05) is 11.3 Å². The number of imidazole rings is 1. The highest BCUT2D eigenvalue weighted by atomic mass is 32.1. The molecular formula is C51H37B5N2S. The predicted octanol–water partition coefficient (Wildman–Crippen LogP) is 5.66. The van der Waals surface area contributed by atoms with Gasteiger partial charge in [0.15, 0.2) is 0 Å². The van der Waals surface area contributed by atoms with Gasteiger partial charge in [-0.1, -0.05) is 132 Å². The van der Waals surface area contributed by atoms with Crippen molar-refractivity contribution in [3.63, 3.8) is 0 Å². The first-order valence-corrected chi connectivity index (χ1v) is 21.3. The van der Waals surface area contributed by atoms with E-state index >= 15 is 0 Å². The molecule has 0 unspecified atom stereocenters. The van der Waals surface area contributed by atoms with Crippen LogP contribution in [0.3, 0.4) is 0 Å². The van der Waals surface area contributed by atoms with E-state index in [0.29, 0.717) is 0 Å². The van der Waals surface area contributed by atoms with Gasteiger partial charge in [0, 0.05) is 31.4 Å². The first kappa shape index (κ1) is 35.7. The Morgan fingerprint density at radius 2 is 1.00 bits per heavy atom. The molecule has 272 valence electrons. The molecule has 8 heteroatoms. The Kier molecular flexibility index (Phi) is 8.36. The third-order valence-corrected chi connectivity index (χ3v) is 14.1. The van der Waals surface area contributed by atoms with Crippen molar-refractivity contribution >= 4 is 131 Å². The van der Waals surface area contributed by atoms with Gasteiger partial charge in [0.2, 0.25) is 0 Å². The third kappa shape index (κ3) is 5.50. The molecular weight excluding hydrogens is 727 g/mol. The fourth-order valence-corrected chi connectivity index (χ4v) is 10.8. The van der Waals surface area contributed by atoms with Crippen molar-refractivity contribution in [2.75, 3.05) is 0 Å². The van der Waals surface area contributed by atoms with Crippen molar-refractivity contribution in [3.8, 4) is 50.5 Å². The zero-order chi connectivity index (χ0) is 39.9. The summed E-state index contributed by atoms with van der Waals surface area (Å²) in [5.74, 6) is 0.939. The van der Waals surface area contributed by atoms with Crippen LogP contribution in [0.15, 0.2) is 164 Å². The number of thiophene rings is 1. The summed E-state index contributed by atoms with van der Waals surface area (Å²) < 4.78 is 4.93. The number of hydrogen-bond donors (Lipinski definition) is 0. The third-order valence-electron chi connectivity index (χ3n) is 13.0. The van der Waals surface area contributed by atoms with Crippen molar-refractivity contribution in [1.29, 1.82) is 0 Å². The largest absolute Gasteiger partial charge is 0.292 e. The first-order chi connectivity index (χ1) is 28.9. The Morgan fingerprint density at radius 3 is 1.76 bits per heavy atom. The van der Waals surface area contributed by atoms with E-state index in [9.17, 15) is 0 Å². The summed E-state index contributed by atoms with van der Waals surface area (Å²) in [5.41, 5.74) is 18.7. The molecule has 2 aromatic heterocycles. The number of hydrogen-bond acceptors (Lipinski definition) is 2. The molecule has 0 radical (unpaired) electrons. The van der Waals surface area contributed by atoms with Gasteiger partial charge in [0.1, 0.15) is 45.1 Å². The molecule has 0 bridgehead atoms. The lowest BCUT2D eigenvalue weighted by molar-refractivity contribution is 1.10. The minimum atomic E-state index is 0.939. The molecule has 0 atom stereocenters. The first-order valence-electron chi connectivity index (χ1n) is 20.5. The predicted molar refractivity (Wildman–Crippen MR) is 272 cm³/mol. The zero-order valence-electron chi connectivity index (χ0n) is 33.9. The lowest BCUT2D eigenvalue weighted by atomic mass is 9.59. The normalized spacial score (nSPS) is 11.7. The van der Waals surface area contributed by atoms with Crippen molar-refractivity contribution in [2.45, 2.75) is 0 Å². The number of para-hydroxylation sites is 2. The van der Waals surface area contributed by atoms with Gasteiger partial charge in [-0.05, 0) is 97.4 Å². The molecule has 0 aliphatic rings. The van der Waals surface area contributed by atoms with E-state index in [4.69, 9.17) is 4.98 Å². The van der Waals surface area contributed by atoms with E-state index < -0.39 is 0 Å². The lowest BCUT2D eigenvalue weighted by Crippen LogP contribution is -2.55. The van der Waals surface area contributed by atoms with Crippen LogP contribution >= 0.6 is 11.3 Å². The summed E-state index contributed by atoms with van der Waals surface area (Å²) in [6, 6.07) is 60.1. The van der Waals surface area contributed by atoms with Crippen LogP contribution in [0.1, 0.15) is 0 Å². The van der Waals surface area contributed by atoms with Crippen molar-refractivity contribution < 1.29 is 0 Å². The second-order valence-electron chi connectivity index (χ2n) is 16.0. The Hall–Kier alpha value is -6.49. The molecule has 59 heavy (non-hydrogen) atoms. The summed E-state index contributed by atoms with van der Waals surface area (Å²) in [6.07, 6.45) is 0. The van der Waals surface area contributed by atoms with Crippen molar-refractivity contribution in [3.05, 3.63) is 164 Å². The molecule has 0 saturated heterocycles. The topological polar surface area (TPSA) is 17.8 Å². The van der Waals surface area contributed by atoms with E-state index in [1.165, 1.54) is 102 Å². The average Bonchev–Trinajstić information content (AvgIpc) is 3.87. The molecule has 2 heterocycles. The number of aromatic nitrogens is 2. The Bertz CT molecular complexity index is 3470.